The molecule has 1 atom stereocenters. The quantitative estimate of drug-likeness (QED) is 0.0758. The normalized spacial score (nSPS) is 16.7. The third-order valence-electron chi connectivity index (χ3n) is 6.72. The maximum atomic E-state index is 13.5. The van der Waals surface area contributed by atoms with E-state index in [-0.39, 0.29) is 22.2 Å². The van der Waals surface area contributed by atoms with E-state index in [1.165, 1.54) is 16.7 Å². The zero-order valence-corrected chi connectivity index (χ0v) is 24.7. The number of carbonyl (C=O) groups is 2. The van der Waals surface area contributed by atoms with Gasteiger partial charge in [-0.05, 0) is 54.8 Å². The molecule has 0 saturated carbocycles. The van der Waals surface area contributed by atoms with Crippen LogP contribution in [0.5, 0.6) is 0 Å². The lowest BCUT2D eigenvalue weighted by atomic mass is 9.98. The Kier molecular flexibility index (Phi) is 7.28. The highest BCUT2D eigenvalue weighted by molar-refractivity contribution is 8.00. The molecule has 6 rings (SSSR count). The Hall–Kier alpha value is -3.77. The number of hydrogen-bond donors (Lipinski definition) is 1. The number of fused-ring (bicyclic) bond motifs is 1. The summed E-state index contributed by atoms with van der Waals surface area (Å²) in [6.45, 7) is 3.71. The fourth-order valence-corrected chi connectivity index (χ4v) is 7.12. The highest BCUT2D eigenvalue weighted by Gasteiger charge is 2.49. The molecule has 0 spiro atoms. The minimum absolute atomic E-state index is 0.0930. The van der Waals surface area contributed by atoms with Crippen LogP contribution in [0, 0.1) is 13.8 Å². The van der Waals surface area contributed by atoms with E-state index in [1.807, 2.05) is 35.7 Å². The van der Waals surface area contributed by atoms with Crippen molar-refractivity contribution in [2.75, 3.05) is 4.90 Å². The predicted molar refractivity (Wildman–Crippen MR) is 160 cm³/mol. The zero-order chi connectivity index (χ0) is 28.8. The molecule has 1 unspecified atom stereocenters. The number of nitrogens with zero attached hydrogens (tertiary/aromatic N) is 6. The second-order valence-electron chi connectivity index (χ2n) is 9.26. The van der Waals surface area contributed by atoms with Crippen molar-refractivity contribution in [1.82, 2.24) is 24.6 Å². The van der Waals surface area contributed by atoms with Crippen molar-refractivity contribution in [3.05, 3.63) is 105 Å². The van der Waals surface area contributed by atoms with Crippen LogP contribution in [-0.2, 0) is 15.3 Å². The maximum absolute atomic E-state index is 13.5. The highest BCUT2D eigenvalue weighted by atomic mass is 35.5. The molecule has 1 N–H and O–H groups in total. The monoisotopic (exact) mass is 622 g/mol. The maximum Gasteiger partial charge on any atom is 0.301 e. The van der Waals surface area contributed by atoms with Gasteiger partial charge in [-0.2, -0.15) is 0 Å². The van der Waals surface area contributed by atoms with Gasteiger partial charge in [0.2, 0.25) is 5.13 Å². The smallest absolute Gasteiger partial charge is 0.301 e. The molecule has 206 valence electrons. The predicted octanol–water partition coefficient (Wildman–Crippen LogP) is 6.42. The number of pyridine rings is 2. The number of aliphatic hydroxyl groups excluding tert-OH is 1. The van der Waals surface area contributed by atoms with Crippen LogP contribution >= 0.6 is 46.3 Å². The summed E-state index contributed by atoms with van der Waals surface area (Å²) in [7, 11) is 0. The molecular formula is C28H20Cl2N6O3S2. The van der Waals surface area contributed by atoms with Crippen LogP contribution in [0.15, 0.2) is 71.0 Å². The Labute approximate surface area is 252 Å². The minimum Gasteiger partial charge on any atom is -0.505 e. The number of thioether (sulfide) groups is 1. The molecule has 0 radical (unpaired) electrons. The van der Waals surface area contributed by atoms with Crippen molar-refractivity contribution in [3.63, 3.8) is 0 Å². The van der Waals surface area contributed by atoms with Crippen molar-refractivity contribution in [1.29, 1.82) is 0 Å². The first-order chi connectivity index (χ1) is 19.7. The average molecular weight is 624 g/mol. The molecule has 5 aromatic rings. The Morgan fingerprint density at radius 3 is 2.68 bits per heavy atom. The van der Waals surface area contributed by atoms with Gasteiger partial charge in [-0.15, -0.1) is 10.2 Å². The number of halogens is 2. The number of aryl methyl sites for hydroxylation is 2. The Balaban J connectivity index is 1.41. The molecule has 0 bridgehead atoms. The molecule has 1 saturated heterocycles. The summed E-state index contributed by atoms with van der Waals surface area (Å²) < 4.78 is 2.41. The summed E-state index contributed by atoms with van der Waals surface area (Å²) in [5.74, 6) is -1.53. The van der Waals surface area contributed by atoms with Gasteiger partial charge in [-0.25, -0.2) is 4.98 Å². The van der Waals surface area contributed by atoms with Crippen molar-refractivity contribution in [3.8, 4) is 0 Å². The molecule has 1 aliphatic rings. The van der Waals surface area contributed by atoms with Crippen LogP contribution in [0.4, 0.5) is 5.13 Å². The Morgan fingerprint density at radius 1 is 1.12 bits per heavy atom. The standard InChI is InChI=1S/C28H20Cl2N6O3S2/c1-14-5-4-10-35-15(2)21(32-25(14)35)23(37)20-22(16-6-3-9-31-12-16)36(26(39)24(20)38)27-33-34-28(41-27)40-13-17-7-8-18(29)11-19(17)30/h3-12,22,37H,13H2,1-2H3/b23-20+. The first kappa shape index (κ1) is 27.4. The number of Topliss-reactive ketones (excluding diaryl/α,β-unsaturated/α-hetero) is 1. The van der Waals surface area contributed by atoms with Gasteiger partial charge in [-0.1, -0.05) is 64.5 Å². The van der Waals surface area contributed by atoms with Crippen LogP contribution in [0.1, 0.15) is 34.1 Å². The van der Waals surface area contributed by atoms with Crippen molar-refractivity contribution < 1.29 is 14.7 Å². The van der Waals surface area contributed by atoms with Gasteiger partial charge in [0.25, 0.3) is 5.78 Å². The number of aliphatic hydroxyl groups is 1. The number of benzene rings is 1. The van der Waals surface area contributed by atoms with Gasteiger partial charge in [0.1, 0.15) is 11.3 Å². The molecule has 1 aromatic carbocycles. The average Bonchev–Trinajstić information content (AvgIpc) is 3.64. The number of amides is 1. The summed E-state index contributed by atoms with van der Waals surface area (Å²) in [6, 6.07) is 11.5. The van der Waals surface area contributed by atoms with Crippen LogP contribution in [0.3, 0.4) is 0 Å². The Bertz CT molecular complexity index is 1870. The lowest BCUT2D eigenvalue weighted by Crippen LogP contribution is -2.29. The van der Waals surface area contributed by atoms with Crippen LogP contribution in [-0.4, -0.2) is 41.4 Å². The number of aromatic nitrogens is 5. The summed E-state index contributed by atoms with van der Waals surface area (Å²) >= 11 is 14.9. The third kappa shape index (κ3) is 4.88. The largest absolute Gasteiger partial charge is 0.505 e. The lowest BCUT2D eigenvalue weighted by Gasteiger charge is -2.21. The molecule has 1 amide bonds. The summed E-state index contributed by atoms with van der Waals surface area (Å²) in [6.07, 6.45) is 4.97. The van der Waals surface area contributed by atoms with Gasteiger partial charge >= 0.3 is 5.91 Å². The summed E-state index contributed by atoms with van der Waals surface area (Å²) in [5.41, 5.74) is 3.70. The SMILES string of the molecule is Cc1cccn2c(C)c(/C(O)=C3\C(=O)C(=O)N(c4nnc(SCc5ccc(Cl)cc5Cl)s4)C3c3cccnc3)nc12. The van der Waals surface area contributed by atoms with Crippen molar-refractivity contribution in [2.24, 2.45) is 0 Å². The molecule has 5 heterocycles. The topological polar surface area (TPSA) is 114 Å². The van der Waals surface area contributed by atoms with Crippen LogP contribution in [0.25, 0.3) is 11.4 Å². The van der Waals surface area contributed by atoms with Gasteiger partial charge in [0.05, 0.1) is 17.3 Å². The van der Waals surface area contributed by atoms with E-state index in [1.54, 1.807) is 43.6 Å². The second-order valence-corrected chi connectivity index (χ2v) is 12.3. The van der Waals surface area contributed by atoms with Crippen LogP contribution in [0.2, 0.25) is 10.0 Å². The van der Waals surface area contributed by atoms with E-state index >= 15 is 0 Å². The number of anilines is 1. The van der Waals surface area contributed by atoms with E-state index < -0.39 is 17.7 Å². The molecular weight excluding hydrogens is 603 g/mol. The van der Waals surface area contributed by atoms with Gasteiger partial charge in [0.15, 0.2) is 10.1 Å². The van der Waals surface area contributed by atoms with Crippen LogP contribution < -0.4 is 4.90 Å². The number of ketones is 1. The van der Waals surface area contributed by atoms with Gasteiger partial charge in [-0.3, -0.25) is 19.5 Å². The van der Waals surface area contributed by atoms with E-state index in [0.717, 1.165) is 22.5 Å². The molecule has 4 aromatic heterocycles. The molecule has 1 fully saturated rings. The summed E-state index contributed by atoms with van der Waals surface area (Å²) in [4.78, 5) is 37.1. The zero-order valence-electron chi connectivity index (χ0n) is 21.6. The second kappa shape index (κ2) is 10.9. The van der Waals surface area contributed by atoms with E-state index in [4.69, 9.17) is 23.2 Å². The van der Waals surface area contributed by atoms with E-state index in [2.05, 4.69) is 20.2 Å². The van der Waals surface area contributed by atoms with Crippen molar-refractivity contribution >= 4 is 74.5 Å². The van der Waals surface area contributed by atoms with E-state index in [0.29, 0.717) is 37.0 Å². The molecule has 41 heavy (non-hydrogen) atoms. The summed E-state index contributed by atoms with van der Waals surface area (Å²) in [5, 5.41) is 21.3. The lowest BCUT2D eigenvalue weighted by molar-refractivity contribution is -0.132. The van der Waals surface area contributed by atoms with Gasteiger partial charge < -0.3 is 9.51 Å². The van der Waals surface area contributed by atoms with E-state index in [9.17, 15) is 14.7 Å². The van der Waals surface area contributed by atoms with Gasteiger partial charge in [0, 0.05) is 34.4 Å². The molecule has 1 aliphatic heterocycles. The number of imidazole rings is 1. The number of rotatable bonds is 6. The number of hydrogen-bond acceptors (Lipinski definition) is 9. The minimum atomic E-state index is -0.981. The number of carbonyl (C=O) groups excluding carboxylic acids is 2. The fourth-order valence-electron chi connectivity index (χ4n) is 4.69. The fraction of sp³-hybridized carbons (Fsp3) is 0.143. The Morgan fingerprint density at radius 2 is 1.95 bits per heavy atom. The molecule has 13 heteroatoms. The highest BCUT2D eigenvalue weighted by Crippen LogP contribution is 2.44. The first-order valence-electron chi connectivity index (χ1n) is 12.3. The third-order valence-corrected chi connectivity index (χ3v) is 9.41. The van der Waals surface area contributed by atoms with Crippen molar-refractivity contribution in [2.45, 2.75) is 30.0 Å². The first-order valence-corrected chi connectivity index (χ1v) is 14.9. The molecule has 9 nitrogen and oxygen atoms in total. The molecule has 0 aliphatic carbocycles.